The standard InChI is InChI=1S/C21H28N4OS/c1-15-23-19(14-27-15)11-20(26)25-9-5-8-17(13-25)21-18(12-22-24-21)10-16-6-3-2-4-7-16/h2-4,6-7,14,17-18,21-22,24H,5,8-13H2,1H3. The molecule has 0 radical (unpaired) electrons. The van der Waals surface area contributed by atoms with E-state index in [4.69, 9.17) is 0 Å². The number of nitrogens with one attached hydrogen (secondary N) is 2. The van der Waals surface area contributed by atoms with Gasteiger partial charge in [0.05, 0.1) is 17.1 Å². The molecule has 5 nitrogen and oxygen atoms in total. The first-order valence-corrected chi connectivity index (χ1v) is 10.8. The number of hydrogen-bond acceptors (Lipinski definition) is 5. The molecule has 3 heterocycles. The summed E-state index contributed by atoms with van der Waals surface area (Å²) >= 11 is 1.62. The van der Waals surface area contributed by atoms with Gasteiger partial charge >= 0.3 is 0 Å². The number of hydrazine groups is 1. The first-order chi connectivity index (χ1) is 13.2. The number of thiazole rings is 1. The lowest BCUT2D eigenvalue weighted by Gasteiger charge is -2.37. The van der Waals surface area contributed by atoms with E-state index in [1.165, 1.54) is 12.0 Å². The van der Waals surface area contributed by atoms with Gasteiger partial charge in [0.25, 0.3) is 0 Å². The van der Waals surface area contributed by atoms with E-state index in [2.05, 4.69) is 51.1 Å². The van der Waals surface area contributed by atoms with Gasteiger partial charge in [0, 0.05) is 31.1 Å². The fourth-order valence-electron chi connectivity index (χ4n) is 4.46. The molecular weight excluding hydrogens is 356 g/mol. The highest BCUT2D eigenvalue weighted by Gasteiger charge is 2.36. The van der Waals surface area contributed by atoms with Crippen LogP contribution >= 0.6 is 11.3 Å². The minimum atomic E-state index is 0.218. The molecule has 2 aromatic rings. The van der Waals surface area contributed by atoms with Crippen LogP contribution in [-0.4, -0.2) is 41.5 Å². The van der Waals surface area contributed by atoms with E-state index in [0.29, 0.717) is 24.3 Å². The summed E-state index contributed by atoms with van der Waals surface area (Å²) in [5, 5.41) is 3.03. The highest BCUT2D eigenvalue weighted by molar-refractivity contribution is 7.09. The van der Waals surface area contributed by atoms with E-state index in [0.717, 1.165) is 43.2 Å². The Hall–Kier alpha value is -1.76. The zero-order valence-corrected chi connectivity index (χ0v) is 16.7. The number of nitrogens with zero attached hydrogens (tertiary/aromatic N) is 2. The zero-order valence-electron chi connectivity index (χ0n) is 15.9. The van der Waals surface area contributed by atoms with Crippen molar-refractivity contribution in [3.05, 3.63) is 52.0 Å². The number of aromatic nitrogens is 1. The van der Waals surface area contributed by atoms with Crippen molar-refractivity contribution >= 4 is 17.2 Å². The fourth-order valence-corrected chi connectivity index (χ4v) is 5.07. The van der Waals surface area contributed by atoms with Gasteiger partial charge in [-0.1, -0.05) is 30.3 Å². The van der Waals surface area contributed by atoms with Crippen molar-refractivity contribution < 1.29 is 4.79 Å². The highest BCUT2D eigenvalue weighted by Crippen LogP contribution is 2.28. The maximum absolute atomic E-state index is 12.8. The molecule has 0 aliphatic carbocycles. The molecule has 0 bridgehead atoms. The molecule has 6 heteroatoms. The molecule has 1 aromatic carbocycles. The Labute approximate surface area is 165 Å². The second-order valence-electron chi connectivity index (χ2n) is 7.78. The molecule has 2 N–H and O–H groups in total. The topological polar surface area (TPSA) is 57.3 Å². The second-order valence-corrected chi connectivity index (χ2v) is 8.84. The van der Waals surface area contributed by atoms with Crippen LogP contribution in [0.3, 0.4) is 0 Å². The van der Waals surface area contributed by atoms with Crippen molar-refractivity contribution in [2.24, 2.45) is 11.8 Å². The van der Waals surface area contributed by atoms with Gasteiger partial charge in [-0.3, -0.25) is 15.6 Å². The van der Waals surface area contributed by atoms with Crippen LogP contribution in [-0.2, 0) is 17.6 Å². The lowest BCUT2D eigenvalue weighted by Crippen LogP contribution is -2.49. The minimum Gasteiger partial charge on any atom is -0.342 e. The lowest BCUT2D eigenvalue weighted by molar-refractivity contribution is -0.132. The van der Waals surface area contributed by atoms with Gasteiger partial charge in [-0.05, 0) is 43.6 Å². The summed E-state index contributed by atoms with van der Waals surface area (Å²) in [4.78, 5) is 19.3. The first-order valence-electron chi connectivity index (χ1n) is 9.90. The van der Waals surface area contributed by atoms with Crippen LogP contribution < -0.4 is 10.9 Å². The molecule has 27 heavy (non-hydrogen) atoms. The van der Waals surface area contributed by atoms with Crippen LogP contribution in [0.1, 0.15) is 29.1 Å². The molecule has 3 atom stereocenters. The smallest absolute Gasteiger partial charge is 0.228 e. The summed E-state index contributed by atoms with van der Waals surface area (Å²) < 4.78 is 0. The number of aryl methyl sites for hydroxylation is 1. The van der Waals surface area contributed by atoms with E-state index in [9.17, 15) is 4.79 Å². The quantitative estimate of drug-likeness (QED) is 0.832. The van der Waals surface area contributed by atoms with Crippen molar-refractivity contribution in [1.82, 2.24) is 20.7 Å². The third-order valence-electron chi connectivity index (χ3n) is 5.80. The minimum absolute atomic E-state index is 0.218. The maximum Gasteiger partial charge on any atom is 0.228 e. The number of carbonyl (C=O) groups is 1. The summed E-state index contributed by atoms with van der Waals surface area (Å²) in [6.07, 6.45) is 3.78. The van der Waals surface area contributed by atoms with Gasteiger partial charge < -0.3 is 4.90 Å². The summed E-state index contributed by atoms with van der Waals surface area (Å²) in [6, 6.07) is 11.1. The van der Waals surface area contributed by atoms with Crippen molar-refractivity contribution in [3.63, 3.8) is 0 Å². The largest absolute Gasteiger partial charge is 0.342 e. The van der Waals surface area contributed by atoms with Gasteiger partial charge in [-0.2, -0.15) is 0 Å². The third kappa shape index (κ3) is 4.57. The number of benzene rings is 1. The Morgan fingerprint density at radius 1 is 1.33 bits per heavy atom. The molecule has 2 aliphatic rings. The number of hydrogen-bond donors (Lipinski definition) is 2. The molecule has 4 rings (SSSR count). The molecule has 0 spiro atoms. The van der Waals surface area contributed by atoms with Crippen LogP contribution in [0.5, 0.6) is 0 Å². The molecular formula is C21H28N4OS. The van der Waals surface area contributed by atoms with E-state index in [-0.39, 0.29) is 5.91 Å². The summed E-state index contributed by atoms with van der Waals surface area (Å²) in [5.41, 5.74) is 9.17. The lowest BCUT2D eigenvalue weighted by atomic mass is 9.81. The number of carbonyl (C=O) groups excluding carboxylic acids is 1. The average Bonchev–Trinajstić information content (AvgIpc) is 3.31. The second kappa shape index (κ2) is 8.50. The summed E-state index contributed by atoms with van der Waals surface area (Å²) in [5.74, 6) is 1.28. The van der Waals surface area contributed by atoms with E-state index >= 15 is 0 Å². The molecule has 2 fully saturated rings. The van der Waals surface area contributed by atoms with Gasteiger partial charge in [-0.15, -0.1) is 11.3 Å². The number of rotatable bonds is 5. The first kappa shape index (κ1) is 18.6. The predicted molar refractivity (Wildman–Crippen MR) is 108 cm³/mol. The van der Waals surface area contributed by atoms with E-state index in [1.54, 1.807) is 11.3 Å². The molecule has 144 valence electrons. The van der Waals surface area contributed by atoms with Crippen LogP contribution in [0.15, 0.2) is 35.7 Å². The summed E-state index contributed by atoms with van der Waals surface area (Å²) in [6.45, 7) is 4.71. The fraction of sp³-hybridized carbons (Fsp3) is 0.524. The molecule has 0 saturated carbocycles. The van der Waals surface area contributed by atoms with Crippen molar-refractivity contribution in [2.45, 2.75) is 38.6 Å². The zero-order chi connectivity index (χ0) is 18.6. The Bertz CT molecular complexity index is 763. The molecule has 1 aromatic heterocycles. The van der Waals surface area contributed by atoms with Gasteiger partial charge in [0.1, 0.15) is 0 Å². The van der Waals surface area contributed by atoms with Crippen molar-refractivity contribution in [3.8, 4) is 0 Å². The number of amides is 1. The number of piperidine rings is 1. The monoisotopic (exact) mass is 384 g/mol. The third-order valence-corrected chi connectivity index (χ3v) is 6.62. The molecule has 1 amide bonds. The summed E-state index contributed by atoms with van der Waals surface area (Å²) in [7, 11) is 0. The maximum atomic E-state index is 12.8. The van der Waals surface area contributed by atoms with Crippen LogP contribution in [0.4, 0.5) is 0 Å². The SMILES string of the molecule is Cc1nc(CC(=O)N2CCCC(C3NNCC3Cc3ccccc3)C2)cs1. The normalized spacial score (nSPS) is 25.7. The van der Waals surface area contributed by atoms with Crippen molar-refractivity contribution in [1.29, 1.82) is 0 Å². The molecule has 3 unspecified atom stereocenters. The highest BCUT2D eigenvalue weighted by atomic mass is 32.1. The Kier molecular flexibility index (Phi) is 5.86. The Balaban J connectivity index is 1.37. The van der Waals surface area contributed by atoms with Gasteiger partial charge in [0.2, 0.25) is 5.91 Å². The van der Waals surface area contributed by atoms with Gasteiger partial charge in [-0.25, -0.2) is 4.98 Å². The van der Waals surface area contributed by atoms with Crippen LogP contribution in [0.2, 0.25) is 0 Å². The average molecular weight is 385 g/mol. The van der Waals surface area contributed by atoms with E-state index < -0.39 is 0 Å². The van der Waals surface area contributed by atoms with Crippen LogP contribution in [0.25, 0.3) is 0 Å². The van der Waals surface area contributed by atoms with Gasteiger partial charge in [0.15, 0.2) is 0 Å². The molecule has 2 aliphatic heterocycles. The molecule has 2 saturated heterocycles. The van der Waals surface area contributed by atoms with Crippen molar-refractivity contribution in [2.75, 3.05) is 19.6 Å². The Morgan fingerprint density at radius 3 is 2.96 bits per heavy atom. The Morgan fingerprint density at radius 2 is 2.19 bits per heavy atom. The van der Waals surface area contributed by atoms with Crippen LogP contribution in [0, 0.1) is 18.8 Å². The predicted octanol–water partition coefficient (Wildman–Crippen LogP) is 2.57. The number of likely N-dealkylation sites (tertiary alicyclic amines) is 1. The van der Waals surface area contributed by atoms with E-state index in [1.807, 2.05) is 12.3 Å².